The number of hydrogen-bond acceptors (Lipinski definition) is 2. The second kappa shape index (κ2) is 5.39. The second-order valence-electron chi connectivity index (χ2n) is 5.38. The van der Waals surface area contributed by atoms with E-state index in [0.717, 1.165) is 12.8 Å². The maximum absolute atomic E-state index is 12.0. The van der Waals surface area contributed by atoms with E-state index in [-0.39, 0.29) is 12.1 Å². The summed E-state index contributed by atoms with van der Waals surface area (Å²) in [5.41, 5.74) is 0.651. The average Bonchev–Trinajstić information content (AvgIpc) is 2.72. The third kappa shape index (κ3) is 3.01. The fourth-order valence-electron chi connectivity index (χ4n) is 3.08. The Morgan fingerprint density at radius 3 is 2.58 bits per heavy atom. The Kier molecular flexibility index (Phi) is 3.62. The molecule has 2 aliphatic heterocycles. The van der Waals surface area contributed by atoms with Crippen molar-refractivity contribution >= 4 is 23.3 Å². The first-order chi connectivity index (χ1) is 9.20. The number of amides is 2. The van der Waals surface area contributed by atoms with Crippen LogP contribution in [0, 0.1) is 0 Å². The van der Waals surface area contributed by atoms with Gasteiger partial charge in [0.05, 0.1) is 10.7 Å². The van der Waals surface area contributed by atoms with Crippen LogP contribution in [0.15, 0.2) is 24.3 Å². The fraction of sp³-hybridized carbons (Fsp3) is 0.500. The maximum Gasteiger partial charge on any atom is 0.319 e. The van der Waals surface area contributed by atoms with Gasteiger partial charge in [0.2, 0.25) is 0 Å². The normalized spacial score (nSPS) is 29.0. The van der Waals surface area contributed by atoms with Crippen molar-refractivity contribution in [1.82, 2.24) is 10.6 Å². The van der Waals surface area contributed by atoms with E-state index < -0.39 is 0 Å². The average molecular weight is 280 g/mol. The van der Waals surface area contributed by atoms with E-state index in [4.69, 9.17) is 11.6 Å². The molecule has 19 heavy (non-hydrogen) atoms. The Balaban J connectivity index is 1.56. The highest BCUT2D eigenvalue weighted by Gasteiger charge is 2.33. The zero-order chi connectivity index (χ0) is 13.2. The molecule has 2 bridgehead atoms. The molecule has 4 nitrogen and oxygen atoms in total. The first-order valence-corrected chi connectivity index (χ1v) is 7.16. The van der Waals surface area contributed by atoms with Gasteiger partial charge in [-0.05, 0) is 37.8 Å². The summed E-state index contributed by atoms with van der Waals surface area (Å²) in [4.78, 5) is 12.0. The lowest BCUT2D eigenvalue weighted by molar-refractivity contribution is 0.240. The highest BCUT2D eigenvalue weighted by Crippen LogP contribution is 2.27. The molecule has 1 aromatic carbocycles. The van der Waals surface area contributed by atoms with Gasteiger partial charge in [-0.15, -0.1) is 0 Å². The Hall–Kier alpha value is -1.26. The van der Waals surface area contributed by atoms with Crippen molar-refractivity contribution < 1.29 is 4.79 Å². The van der Waals surface area contributed by atoms with E-state index >= 15 is 0 Å². The number of carbonyl (C=O) groups excluding carboxylic acids is 1. The SMILES string of the molecule is O=C(Nc1ccccc1Cl)NC1CC2CCC(C1)N2. The van der Waals surface area contributed by atoms with Crippen LogP contribution in [0.1, 0.15) is 25.7 Å². The van der Waals surface area contributed by atoms with Crippen molar-refractivity contribution in [2.24, 2.45) is 0 Å². The topological polar surface area (TPSA) is 53.2 Å². The molecule has 3 rings (SSSR count). The number of nitrogens with one attached hydrogen (secondary N) is 3. The molecule has 3 N–H and O–H groups in total. The molecule has 0 radical (unpaired) electrons. The fourth-order valence-corrected chi connectivity index (χ4v) is 3.26. The predicted molar refractivity (Wildman–Crippen MR) is 76.6 cm³/mol. The van der Waals surface area contributed by atoms with Gasteiger partial charge in [-0.3, -0.25) is 0 Å². The second-order valence-corrected chi connectivity index (χ2v) is 5.79. The van der Waals surface area contributed by atoms with E-state index in [1.807, 2.05) is 12.1 Å². The summed E-state index contributed by atoms with van der Waals surface area (Å²) in [5.74, 6) is 0. The van der Waals surface area contributed by atoms with Crippen LogP contribution < -0.4 is 16.0 Å². The lowest BCUT2D eigenvalue weighted by atomic mass is 10.0. The van der Waals surface area contributed by atoms with Gasteiger partial charge >= 0.3 is 6.03 Å². The van der Waals surface area contributed by atoms with Crippen LogP contribution in [0.25, 0.3) is 0 Å². The third-order valence-corrected chi connectivity index (χ3v) is 4.26. The summed E-state index contributed by atoms with van der Waals surface area (Å²) < 4.78 is 0. The predicted octanol–water partition coefficient (Wildman–Crippen LogP) is 2.74. The van der Waals surface area contributed by atoms with E-state index in [0.29, 0.717) is 22.8 Å². The van der Waals surface area contributed by atoms with Crippen molar-refractivity contribution in [3.8, 4) is 0 Å². The van der Waals surface area contributed by atoms with Crippen molar-refractivity contribution in [3.05, 3.63) is 29.3 Å². The maximum atomic E-state index is 12.0. The van der Waals surface area contributed by atoms with E-state index in [2.05, 4.69) is 16.0 Å². The molecule has 0 saturated carbocycles. The van der Waals surface area contributed by atoms with E-state index in [1.54, 1.807) is 12.1 Å². The number of piperidine rings is 1. The molecule has 0 aliphatic carbocycles. The van der Waals surface area contributed by atoms with Crippen LogP contribution in [0.4, 0.5) is 10.5 Å². The van der Waals surface area contributed by atoms with Gasteiger partial charge in [-0.25, -0.2) is 4.79 Å². The minimum atomic E-state index is -0.167. The molecule has 2 saturated heterocycles. The first-order valence-electron chi connectivity index (χ1n) is 6.79. The molecule has 5 heteroatoms. The van der Waals surface area contributed by atoms with Crippen LogP contribution in [-0.4, -0.2) is 24.2 Å². The monoisotopic (exact) mass is 279 g/mol. The molecular formula is C14H18ClN3O. The van der Waals surface area contributed by atoms with Gasteiger partial charge in [0.1, 0.15) is 0 Å². The molecule has 0 spiro atoms. The van der Waals surface area contributed by atoms with Crippen LogP contribution in [0.2, 0.25) is 5.02 Å². The number of para-hydroxylation sites is 1. The summed E-state index contributed by atoms with van der Waals surface area (Å²) in [7, 11) is 0. The standard InChI is InChI=1S/C14H18ClN3O/c15-12-3-1-2-4-13(12)18-14(19)17-11-7-9-5-6-10(8-11)16-9/h1-4,9-11,16H,5-8H2,(H2,17,18,19). The van der Waals surface area contributed by atoms with Gasteiger partial charge in [0, 0.05) is 18.1 Å². The molecule has 2 unspecified atom stereocenters. The number of fused-ring (bicyclic) bond motifs is 2. The molecule has 2 heterocycles. The van der Waals surface area contributed by atoms with Gasteiger partial charge in [-0.1, -0.05) is 23.7 Å². The highest BCUT2D eigenvalue weighted by molar-refractivity contribution is 6.33. The molecule has 2 aliphatic rings. The lowest BCUT2D eigenvalue weighted by Gasteiger charge is -2.29. The Morgan fingerprint density at radius 2 is 1.89 bits per heavy atom. The van der Waals surface area contributed by atoms with E-state index in [1.165, 1.54) is 12.8 Å². The largest absolute Gasteiger partial charge is 0.335 e. The molecule has 0 aromatic heterocycles. The molecule has 1 aromatic rings. The highest BCUT2D eigenvalue weighted by atomic mass is 35.5. The zero-order valence-electron chi connectivity index (χ0n) is 10.7. The number of anilines is 1. The molecule has 2 fully saturated rings. The van der Waals surface area contributed by atoms with Gasteiger partial charge < -0.3 is 16.0 Å². The van der Waals surface area contributed by atoms with Crippen molar-refractivity contribution in [2.75, 3.05) is 5.32 Å². The summed E-state index contributed by atoms with van der Waals surface area (Å²) in [5, 5.41) is 9.97. The number of hydrogen-bond donors (Lipinski definition) is 3. The summed E-state index contributed by atoms with van der Waals surface area (Å²) in [6, 6.07) is 8.51. The third-order valence-electron chi connectivity index (χ3n) is 3.93. The number of halogens is 1. The van der Waals surface area contributed by atoms with Crippen molar-refractivity contribution in [1.29, 1.82) is 0 Å². The molecule has 2 atom stereocenters. The lowest BCUT2D eigenvalue weighted by Crippen LogP contribution is -2.49. The summed E-state index contributed by atoms with van der Waals surface area (Å²) in [6.07, 6.45) is 4.50. The minimum Gasteiger partial charge on any atom is -0.335 e. The summed E-state index contributed by atoms with van der Waals surface area (Å²) in [6.45, 7) is 0. The van der Waals surface area contributed by atoms with Crippen molar-refractivity contribution in [3.63, 3.8) is 0 Å². The quantitative estimate of drug-likeness (QED) is 0.780. The van der Waals surface area contributed by atoms with Crippen LogP contribution >= 0.6 is 11.6 Å². The zero-order valence-corrected chi connectivity index (χ0v) is 11.4. The molecular weight excluding hydrogens is 262 g/mol. The number of urea groups is 1. The smallest absolute Gasteiger partial charge is 0.319 e. The number of benzene rings is 1. The van der Waals surface area contributed by atoms with Gasteiger partial charge in [0.25, 0.3) is 0 Å². The first kappa shape index (κ1) is 12.8. The van der Waals surface area contributed by atoms with Crippen molar-refractivity contribution in [2.45, 2.75) is 43.8 Å². The van der Waals surface area contributed by atoms with Crippen LogP contribution in [0.3, 0.4) is 0 Å². The van der Waals surface area contributed by atoms with Crippen LogP contribution in [-0.2, 0) is 0 Å². The minimum absolute atomic E-state index is 0.167. The van der Waals surface area contributed by atoms with Gasteiger partial charge in [0.15, 0.2) is 0 Å². The Morgan fingerprint density at radius 1 is 1.21 bits per heavy atom. The Bertz CT molecular complexity index is 468. The van der Waals surface area contributed by atoms with E-state index in [9.17, 15) is 4.79 Å². The summed E-state index contributed by atoms with van der Waals surface area (Å²) >= 11 is 6.01. The van der Waals surface area contributed by atoms with Gasteiger partial charge in [-0.2, -0.15) is 0 Å². The molecule has 102 valence electrons. The number of carbonyl (C=O) groups is 1. The Labute approximate surface area is 117 Å². The molecule has 2 amide bonds. The number of rotatable bonds is 2. The van der Waals surface area contributed by atoms with Crippen LogP contribution in [0.5, 0.6) is 0 Å².